The molecule has 0 aliphatic carbocycles. The maximum Gasteiger partial charge on any atom is 0.228 e. The molecule has 0 aliphatic heterocycles. The third kappa shape index (κ3) is 4.06. The lowest BCUT2D eigenvalue weighted by molar-refractivity contribution is -0.115. The van der Waals surface area contributed by atoms with Crippen LogP contribution >= 0.6 is 22.6 Å². The zero-order valence-electron chi connectivity index (χ0n) is 11.0. The molecule has 2 rings (SSSR count). The number of rotatable bonds is 3. The van der Waals surface area contributed by atoms with Gasteiger partial charge >= 0.3 is 0 Å². The van der Waals surface area contributed by atoms with Crippen molar-refractivity contribution >= 4 is 34.2 Å². The first-order chi connectivity index (χ1) is 9.04. The van der Waals surface area contributed by atoms with Crippen LogP contribution in [0.4, 0.5) is 5.69 Å². The summed E-state index contributed by atoms with van der Waals surface area (Å²) < 4.78 is 1.16. The highest BCUT2D eigenvalue weighted by atomic mass is 127. The van der Waals surface area contributed by atoms with Gasteiger partial charge in [0.25, 0.3) is 0 Å². The van der Waals surface area contributed by atoms with Crippen LogP contribution in [0.25, 0.3) is 0 Å². The smallest absolute Gasteiger partial charge is 0.228 e. The number of aryl methyl sites for hydroxylation is 2. The van der Waals surface area contributed by atoms with E-state index >= 15 is 0 Å². The second-order valence-corrected chi connectivity index (χ2v) is 5.84. The van der Waals surface area contributed by atoms with Gasteiger partial charge in [-0.05, 0) is 59.7 Å². The molecular formula is C16H16INO. The topological polar surface area (TPSA) is 29.1 Å². The van der Waals surface area contributed by atoms with E-state index in [0.29, 0.717) is 6.42 Å². The van der Waals surface area contributed by atoms with Gasteiger partial charge in [-0.3, -0.25) is 4.79 Å². The first-order valence-electron chi connectivity index (χ1n) is 6.16. The van der Waals surface area contributed by atoms with Crippen molar-refractivity contribution in [2.24, 2.45) is 0 Å². The van der Waals surface area contributed by atoms with E-state index in [1.54, 1.807) is 0 Å². The van der Waals surface area contributed by atoms with Crippen LogP contribution in [-0.2, 0) is 11.2 Å². The molecule has 0 unspecified atom stereocenters. The van der Waals surface area contributed by atoms with E-state index in [9.17, 15) is 4.79 Å². The Labute approximate surface area is 127 Å². The Hall–Kier alpha value is -1.36. The predicted octanol–water partition coefficient (Wildman–Crippen LogP) is 4.09. The fraction of sp³-hybridized carbons (Fsp3) is 0.188. The minimum atomic E-state index is 0.0171. The fourth-order valence-electron chi connectivity index (χ4n) is 1.77. The summed E-state index contributed by atoms with van der Waals surface area (Å²) in [6, 6.07) is 14.0. The van der Waals surface area contributed by atoms with E-state index in [1.807, 2.05) is 49.4 Å². The average Bonchev–Trinajstić information content (AvgIpc) is 2.37. The van der Waals surface area contributed by atoms with Gasteiger partial charge in [0.2, 0.25) is 5.91 Å². The van der Waals surface area contributed by atoms with E-state index in [2.05, 4.69) is 34.8 Å². The van der Waals surface area contributed by atoms with Crippen molar-refractivity contribution in [2.75, 3.05) is 5.32 Å². The minimum Gasteiger partial charge on any atom is -0.326 e. The lowest BCUT2D eigenvalue weighted by Crippen LogP contribution is -2.14. The van der Waals surface area contributed by atoms with Crippen molar-refractivity contribution in [1.29, 1.82) is 0 Å². The van der Waals surface area contributed by atoms with E-state index in [4.69, 9.17) is 0 Å². The molecule has 2 aromatic carbocycles. The number of halogens is 1. The first kappa shape index (κ1) is 14.1. The molecule has 19 heavy (non-hydrogen) atoms. The number of carbonyl (C=O) groups excluding carboxylic acids is 1. The largest absolute Gasteiger partial charge is 0.326 e. The number of nitrogens with one attached hydrogen (secondary N) is 1. The molecular weight excluding hydrogens is 349 g/mol. The summed E-state index contributed by atoms with van der Waals surface area (Å²) in [5, 5.41) is 2.93. The van der Waals surface area contributed by atoms with Crippen LogP contribution in [0.1, 0.15) is 16.7 Å². The Kier molecular flexibility index (Phi) is 4.58. The highest BCUT2D eigenvalue weighted by Gasteiger charge is 2.05. The molecule has 0 fully saturated rings. The number of amides is 1. The molecule has 0 aliphatic rings. The number of anilines is 1. The van der Waals surface area contributed by atoms with Crippen LogP contribution in [0.5, 0.6) is 0 Å². The Morgan fingerprint density at radius 2 is 1.79 bits per heavy atom. The lowest BCUT2D eigenvalue weighted by Gasteiger charge is -2.07. The van der Waals surface area contributed by atoms with E-state index in [-0.39, 0.29) is 5.91 Å². The van der Waals surface area contributed by atoms with Gasteiger partial charge in [0.15, 0.2) is 0 Å². The molecule has 0 aromatic heterocycles. The second-order valence-electron chi connectivity index (χ2n) is 4.67. The SMILES string of the molecule is Cc1ccc(CC(=O)Nc2ccc(C)c(I)c2)cc1. The summed E-state index contributed by atoms with van der Waals surface area (Å²) in [5.41, 5.74) is 4.31. The number of hydrogen-bond donors (Lipinski definition) is 1. The van der Waals surface area contributed by atoms with Crippen molar-refractivity contribution < 1.29 is 4.79 Å². The van der Waals surface area contributed by atoms with Crippen LogP contribution in [0.3, 0.4) is 0 Å². The lowest BCUT2D eigenvalue weighted by atomic mass is 10.1. The van der Waals surface area contributed by atoms with E-state index in [1.165, 1.54) is 11.1 Å². The standard InChI is InChI=1S/C16H16INO/c1-11-3-6-13(7-4-11)9-16(19)18-14-8-5-12(2)15(17)10-14/h3-8,10H,9H2,1-2H3,(H,18,19). The van der Waals surface area contributed by atoms with Gasteiger partial charge in [-0.1, -0.05) is 35.9 Å². The second kappa shape index (κ2) is 6.19. The molecule has 3 heteroatoms. The van der Waals surface area contributed by atoms with Crippen LogP contribution in [0, 0.1) is 17.4 Å². The van der Waals surface area contributed by atoms with Gasteiger partial charge in [0, 0.05) is 9.26 Å². The van der Waals surface area contributed by atoms with Gasteiger partial charge in [0.1, 0.15) is 0 Å². The van der Waals surface area contributed by atoms with Crippen molar-refractivity contribution in [3.8, 4) is 0 Å². The Bertz CT molecular complexity index is 590. The van der Waals surface area contributed by atoms with Crippen LogP contribution in [0.2, 0.25) is 0 Å². The molecule has 0 saturated carbocycles. The number of hydrogen-bond acceptors (Lipinski definition) is 1. The normalized spacial score (nSPS) is 10.3. The van der Waals surface area contributed by atoms with Crippen LogP contribution < -0.4 is 5.32 Å². The molecule has 1 N–H and O–H groups in total. The van der Waals surface area contributed by atoms with Gasteiger partial charge in [-0.25, -0.2) is 0 Å². The average molecular weight is 365 g/mol. The summed E-state index contributed by atoms with van der Waals surface area (Å²) in [4.78, 5) is 11.9. The summed E-state index contributed by atoms with van der Waals surface area (Å²) in [6.45, 7) is 4.10. The summed E-state index contributed by atoms with van der Waals surface area (Å²) in [7, 11) is 0. The quantitative estimate of drug-likeness (QED) is 0.816. The molecule has 0 spiro atoms. The fourth-order valence-corrected chi connectivity index (χ4v) is 2.28. The van der Waals surface area contributed by atoms with E-state index in [0.717, 1.165) is 14.8 Å². The molecule has 98 valence electrons. The summed E-state index contributed by atoms with van der Waals surface area (Å²) in [5.74, 6) is 0.0171. The molecule has 0 radical (unpaired) electrons. The molecule has 1 amide bonds. The Balaban J connectivity index is 2.01. The van der Waals surface area contributed by atoms with Gasteiger partial charge in [-0.15, -0.1) is 0 Å². The summed E-state index contributed by atoms with van der Waals surface area (Å²) in [6.07, 6.45) is 0.407. The third-order valence-electron chi connectivity index (χ3n) is 2.94. The predicted molar refractivity (Wildman–Crippen MR) is 87.4 cm³/mol. The van der Waals surface area contributed by atoms with Crippen LogP contribution in [0.15, 0.2) is 42.5 Å². The maximum absolute atomic E-state index is 11.9. The highest BCUT2D eigenvalue weighted by Crippen LogP contribution is 2.17. The first-order valence-corrected chi connectivity index (χ1v) is 7.24. The summed E-state index contributed by atoms with van der Waals surface area (Å²) >= 11 is 2.27. The molecule has 0 heterocycles. The van der Waals surface area contributed by atoms with Crippen molar-refractivity contribution in [3.05, 3.63) is 62.7 Å². The highest BCUT2D eigenvalue weighted by molar-refractivity contribution is 14.1. The maximum atomic E-state index is 11.9. The molecule has 2 aromatic rings. The van der Waals surface area contributed by atoms with Gasteiger partial charge in [0.05, 0.1) is 6.42 Å². The number of benzene rings is 2. The Morgan fingerprint density at radius 3 is 2.42 bits per heavy atom. The molecule has 0 atom stereocenters. The Morgan fingerprint density at radius 1 is 1.11 bits per heavy atom. The van der Waals surface area contributed by atoms with Crippen molar-refractivity contribution in [3.63, 3.8) is 0 Å². The molecule has 0 bridgehead atoms. The molecule has 0 saturated heterocycles. The van der Waals surface area contributed by atoms with Crippen molar-refractivity contribution in [2.45, 2.75) is 20.3 Å². The zero-order chi connectivity index (χ0) is 13.8. The minimum absolute atomic E-state index is 0.0171. The zero-order valence-corrected chi connectivity index (χ0v) is 13.2. The third-order valence-corrected chi connectivity index (χ3v) is 4.10. The monoisotopic (exact) mass is 365 g/mol. The molecule has 2 nitrogen and oxygen atoms in total. The van der Waals surface area contributed by atoms with Crippen molar-refractivity contribution in [1.82, 2.24) is 0 Å². The van der Waals surface area contributed by atoms with Gasteiger partial charge < -0.3 is 5.32 Å². The number of carbonyl (C=O) groups is 1. The van der Waals surface area contributed by atoms with E-state index < -0.39 is 0 Å². The van der Waals surface area contributed by atoms with Gasteiger partial charge in [-0.2, -0.15) is 0 Å². The van der Waals surface area contributed by atoms with Crippen LogP contribution in [-0.4, -0.2) is 5.91 Å².